The van der Waals surface area contributed by atoms with Crippen LogP contribution in [0.1, 0.15) is 42.5 Å². The van der Waals surface area contributed by atoms with Crippen LogP contribution in [0.3, 0.4) is 0 Å². The fourth-order valence-electron chi connectivity index (χ4n) is 5.12. The molecular weight excluding hydrogens is 598 g/mol. The molecule has 4 aromatic rings. The van der Waals surface area contributed by atoms with Crippen molar-refractivity contribution in [3.05, 3.63) is 125 Å². The highest BCUT2D eigenvalue weighted by molar-refractivity contribution is 7.92. The lowest BCUT2D eigenvalue weighted by molar-refractivity contribution is -0.140. The van der Waals surface area contributed by atoms with Crippen molar-refractivity contribution in [1.82, 2.24) is 10.2 Å². The molecule has 0 unspecified atom stereocenters. The van der Waals surface area contributed by atoms with E-state index in [0.29, 0.717) is 12.2 Å². The minimum atomic E-state index is -4.24. The van der Waals surface area contributed by atoms with Gasteiger partial charge in [0.1, 0.15) is 18.3 Å². The highest BCUT2D eigenvalue weighted by atomic mass is 32.2. The molecule has 0 aromatic heterocycles. The summed E-state index contributed by atoms with van der Waals surface area (Å²) in [5.41, 5.74) is 3.62. The minimum Gasteiger partial charge on any atom is -0.495 e. The summed E-state index contributed by atoms with van der Waals surface area (Å²) in [4.78, 5) is 30.1. The first-order chi connectivity index (χ1) is 22.0. The van der Waals surface area contributed by atoms with Crippen molar-refractivity contribution in [3.8, 4) is 5.75 Å². The molecule has 242 valence electrons. The first-order valence-corrected chi connectivity index (χ1v) is 16.9. The Morgan fingerprint density at radius 1 is 0.826 bits per heavy atom. The molecule has 0 heterocycles. The van der Waals surface area contributed by atoms with Gasteiger partial charge in [-0.25, -0.2) is 8.42 Å². The summed E-state index contributed by atoms with van der Waals surface area (Å²) in [6.45, 7) is 7.17. The van der Waals surface area contributed by atoms with E-state index in [1.807, 2.05) is 94.4 Å². The van der Waals surface area contributed by atoms with Gasteiger partial charge < -0.3 is 15.0 Å². The Morgan fingerprint density at radius 3 is 2.00 bits per heavy atom. The SMILES string of the molecule is CC[C@H](C)NC(=O)[C@@H](Cc1ccccc1)N(Cc1ccccc1)C(=O)CN(c1cc(C)ccc1OC)S(=O)(=O)c1ccc(C)cc1. The molecule has 0 saturated carbocycles. The summed E-state index contributed by atoms with van der Waals surface area (Å²) in [6, 6.07) is 29.6. The number of carbonyl (C=O) groups is 2. The Labute approximate surface area is 273 Å². The molecule has 0 aliphatic heterocycles. The van der Waals surface area contributed by atoms with E-state index in [-0.39, 0.29) is 35.5 Å². The van der Waals surface area contributed by atoms with Gasteiger partial charge in [0.15, 0.2) is 0 Å². The Balaban J connectivity index is 1.84. The number of nitrogens with zero attached hydrogens (tertiary/aromatic N) is 2. The predicted octanol–water partition coefficient (Wildman–Crippen LogP) is 6.06. The molecule has 0 bridgehead atoms. The van der Waals surface area contributed by atoms with Gasteiger partial charge in [-0.2, -0.15) is 0 Å². The summed E-state index contributed by atoms with van der Waals surface area (Å²) < 4.78 is 35.4. The van der Waals surface area contributed by atoms with E-state index in [2.05, 4.69) is 5.32 Å². The van der Waals surface area contributed by atoms with Crippen molar-refractivity contribution in [2.24, 2.45) is 0 Å². The molecule has 0 aliphatic carbocycles. The van der Waals surface area contributed by atoms with Crippen molar-refractivity contribution in [2.45, 2.75) is 64.1 Å². The quantitative estimate of drug-likeness (QED) is 0.181. The highest BCUT2D eigenvalue weighted by Crippen LogP contribution is 2.34. The average Bonchev–Trinajstić information content (AvgIpc) is 3.06. The van der Waals surface area contributed by atoms with Gasteiger partial charge in [-0.3, -0.25) is 13.9 Å². The standard InChI is InChI=1S/C37H43N3O5S/c1-6-29(4)38-37(42)34(24-30-13-9-7-10-14-30)39(25-31-15-11-8-12-16-31)36(41)26-40(33-23-28(3)19-22-35(33)45-5)46(43,44)32-20-17-27(2)18-21-32/h7-23,29,34H,6,24-26H2,1-5H3,(H,38,42)/t29-,34+/m0/s1. The normalized spacial score (nSPS) is 12.5. The van der Waals surface area contributed by atoms with Crippen LogP contribution in [0.4, 0.5) is 5.69 Å². The van der Waals surface area contributed by atoms with E-state index in [0.717, 1.165) is 26.6 Å². The average molecular weight is 642 g/mol. The molecule has 0 radical (unpaired) electrons. The smallest absolute Gasteiger partial charge is 0.264 e. The highest BCUT2D eigenvalue weighted by Gasteiger charge is 2.36. The van der Waals surface area contributed by atoms with Gasteiger partial charge in [0, 0.05) is 19.0 Å². The van der Waals surface area contributed by atoms with Crippen LogP contribution in [0.5, 0.6) is 5.75 Å². The summed E-state index contributed by atoms with van der Waals surface area (Å²) in [5.74, 6) is -0.522. The summed E-state index contributed by atoms with van der Waals surface area (Å²) in [6.07, 6.45) is 0.965. The summed E-state index contributed by atoms with van der Waals surface area (Å²) >= 11 is 0. The van der Waals surface area contributed by atoms with Gasteiger partial charge in [-0.1, -0.05) is 91.3 Å². The second-order valence-corrected chi connectivity index (χ2v) is 13.4. The molecule has 4 rings (SSSR count). The van der Waals surface area contributed by atoms with Gasteiger partial charge in [0.05, 0.1) is 17.7 Å². The zero-order chi connectivity index (χ0) is 33.3. The maximum Gasteiger partial charge on any atom is 0.264 e. The third-order valence-electron chi connectivity index (χ3n) is 7.96. The van der Waals surface area contributed by atoms with Crippen LogP contribution in [0.2, 0.25) is 0 Å². The van der Waals surface area contributed by atoms with Crippen LogP contribution in [0, 0.1) is 13.8 Å². The molecule has 46 heavy (non-hydrogen) atoms. The van der Waals surface area contributed by atoms with Gasteiger partial charge in [-0.15, -0.1) is 0 Å². The third kappa shape index (κ3) is 8.54. The van der Waals surface area contributed by atoms with Crippen LogP contribution >= 0.6 is 0 Å². The number of nitrogens with one attached hydrogen (secondary N) is 1. The maximum absolute atomic E-state index is 14.6. The maximum atomic E-state index is 14.6. The fraction of sp³-hybridized carbons (Fsp3) is 0.297. The van der Waals surface area contributed by atoms with E-state index in [9.17, 15) is 18.0 Å². The lowest BCUT2D eigenvalue weighted by Gasteiger charge is -2.34. The van der Waals surface area contributed by atoms with E-state index in [4.69, 9.17) is 4.74 Å². The number of carbonyl (C=O) groups excluding carboxylic acids is 2. The van der Waals surface area contributed by atoms with Gasteiger partial charge in [0.25, 0.3) is 10.0 Å². The van der Waals surface area contributed by atoms with Gasteiger partial charge >= 0.3 is 0 Å². The molecule has 1 N–H and O–H groups in total. The first-order valence-electron chi connectivity index (χ1n) is 15.4. The van der Waals surface area contributed by atoms with Crippen molar-refractivity contribution in [2.75, 3.05) is 18.0 Å². The van der Waals surface area contributed by atoms with E-state index in [1.165, 1.54) is 24.1 Å². The van der Waals surface area contributed by atoms with Gasteiger partial charge in [-0.05, 0) is 68.1 Å². The second kappa shape index (κ2) is 15.6. The van der Waals surface area contributed by atoms with Crippen molar-refractivity contribution < 1.29 is 22.7 Å². The monoisotopic (exact) mass is 641 g/mol. The Morgan fingerprint density at radius 2 is 1.41 bits per heavy atom. The van der Waals surface area contributed by atoms with Crippen LogP contribution in [0.25, 0.3) is 0 Å². The summed E-state index contributed by atoms with van der Waals surface area (Å²) in [5, 5.41) is 3.06. The number of methoxy groups -OCH3 is 1. The number of aryl methyl sites for hydroxylation is 2. The molecule has 9 heteroatoms. The zero-order valence-electron chi connectivity index (χ0n) is 27.1. The molecule has 0 saturated heterocycles. The molecule has 2 atom stereocenters. The Bertz CT molecular complexity index is 1710. The third-order valence-corrected chi connectivity index (χ3v) is 9.73. The van der Waals surface area contributed by atoms with E-state index in [1.54, 1.807) is 24.3 Å². The molecule has 0 fully saturated rings. The lowest BCUT2D eigenvalue weighted by atomic mass is 10.0. The van der Waals surface area contributed by atoms with Crippen LogP contribution in [-0.4, -0.2) is 50.9 Å². The molecular formula is C37H43N3O5S. The van der Waals surface area contributed by atoms with Crippen molar-refractivity contribution in [3.63, 3.8) is 0 Å². The van der Waals surface area contributed by atoms with E-state index >= 15 is 0 Å². The van der Waals surface area contributed by atoms with E-state index < -0.39 is 28.5 Å². The van der Waals surface area contributed by atoms with Crippen molar-refractivity contribution >= 4 is 27.5 Å². The van der Waals surface area contributed by atoms with Crippen LogP contribution < -0.4 is 14.4 Å². The number of anilines is 1. The largest absolute Gasteiger partial charge is 0.495 e. The number of sulfonamides is 1. The minimum absolute atomic E-state index is 0.0411. The number of hydrogen-bond donors (Lipinski definition) is 1. The number of hydrogen-bond acceptors (Lipinski definition) is 5. The fourth-order valence-corrected chi connectivity index (χ4v) is 6.54. The predicted molar refractivity (Wildman–Crippen MR) is 182 cm³/mol. The number of amides is 2. The number of ether oxygens (including phenoxy) is 1. The molecule has 4 aromatic carbocycles. The zero-order valence-corrected chi connectivity index (χ0v) is 28.0. The van der Waals surface area contributed by atoms with Crippen LogP contribution in [-0.2, 0) is 32.6 Å². The molecule has 0 aliphatic rings. The second-order valence-electron chi connectivity index (χ2n) is 11.5. The Hall–Kier alpha value is -4.63. The topological polar surface area (TPSA) is 96.0 Å². The molecule has 8 nitrogen and oxygen atoms in total. The van der Waals surface area contributed by atoms with Crippen LogP contribution in [0.15, 0.2) is 108 Å². The number of benzene rings is 4. The van der Waals surface area contributed by atoms with Crippen molar-refractivity contribution in [1.29, 1.82) is 0 Å². The number of rotatable bonds is 14. The molecule has 0 spiro atoms. The van der Waals surface area contributed by atoms with Gasteiger partial charge in [0.2, 0.25) is 11.8 Å². The Kier molecular flexibility index (Phi) is 11.6. The molecule has 2 amide bonds. The lowest BCUT2D eigenvalue weighted by Crippen LogP contribution is -2.54. The first kappa shape index (κ1) is 34.2. The summed E-state index contributed by atoms with van der Waals surface area (Å²) in [7, 11) is -2.78.